The summed E-state index contributed by atoms with van der Waals surface area (Å²) in [7, 11) is 0. The minimum atomic E-state index is -0.995. The number of likely N-dealkylation sites (tertiary alicyclic amines) is 1. The van der Waals surface area contributed by atoms with Gasteiger partial charge in [0.1, 0.15) is 23.8 Å². The number of rotatable bonds is 5. The van der Waals surface area contributed by atoms with Crippen molar-refractivity contribution in [1.29, 1.82) is 0 Å². The van der Waals surface area contributed by atoms with E-state index in [1.165, 1.54) is 12.1 Å². The van der Waals surface area contributed by atoms with Crippen LogP contribution in [-0.2, 0) is 11.2 Å². The molecule has 1 saturated heterocycles. The highest BCUT2D eigenvalue weighted by atomic mass is 19.1. The summed E-state index contributed by atoms with van der Waals surface area (Å²) >= 11 is 0. The molecule has 146 valence electrons. The largest absolute Gasteiger partial charge is 0.491 e. The van der Waals surface area contributed by atoms with Gasteiger partial charge in [-0.2, -0.15) is 5.10 Å². The average Bonchev–Trinajstić information content (AvgIpc) is 2.84. The third-order valence-corrected chi connectivity index (χ3v) is 5.20. The number of amides is 1. The number of aromatic nitrogens is 2. The van der Waals surface area contributed by atoms with Crippen LogP contribution in [0.15, 0.2) is 24.3 Å². The van der Waals surface area contributed by atoms with E-state index in [1.54, 1.807) is 12.1 Å². The number of benzene rings is 1. The molecule has 1 aromatic heterocycles. The predicted octanol–water partition coefficient (Wildman–Crippen LogP) is 2.53. The number of aliphatic hydroxyl groups is 1. The van der Waals surface area contributed by atoms with Gasteiger partial charge in [-0.3, -0.25) is 9.89 Å². The van der Waals surface area contributed by atoms with Gasteiger partial charge in [0.25, 0.3) is 0 Å². The van der Waals surface area contributed by atoms with Gasteiger partial charge in [0, 0.05) is 24.3 Å². The molecule has 1 aromatic carbocycles. The Morgan fingerprint density at radius 1 is 1.30 bits per heavy atom. The first-order chi connectivity index (χ1) is 12.9. The van der Waals surface area contributed by atoms with Gasteiger partial charge in [-0.05, 0) is 57.4 Å². The van der Waals surface area contributed by atoms with E-state index in [0.717, 1.165) is 17.0 Å². The quantitative estimate of drug-likeness (QED) is 0.842. The summed E-state index contributed by atoms with van der Waals surface area (Å²) in [5.74, 6) is 0.243. The zero-order valence-electron chi connectivity index (χ0n) is 15.8. The minimum Gasteiger partial charge on any atom is -0.491 e. The van der Waals surface area contributed by atoms with Crippen LogP contribution in [0.3, 0.4) is 0 Å². The Hall–Kier alpha value is -2.41. The molecule has 27 heavy (non-hydrogen) atoms. The average molecular weight is 375 g/mol. The number of ether oxygens (including phenoxy) is 1. The van der Waals surface area contributed by atoms with E-state index in [9.17, 15) is 14.3 Å². The first kappa shape index (κ1) is 19.4. The number of carbonyl (C=O) groups excluding carboxylic acids is 1. The van der Waals surface area contributed by atoms with E-state index in [4.69, 9.17) is 4.74 Å². The molecular weight excluding hydrogens is 349 g/mol. The van der Waals surface area contributed by atoms with Gasteiger partial charge in [-0.15, -0.1) is 0 Å². The van der Waals surface area contributed by atoms with E-state index in [1.807, 2.05) is 18.7 Å². The number of hydrogen-bond donors (Lipinski definition) is 2. The maximum Gasteiger partial charge on any atom is 0.227 e. The number of carbonyl (C=O) groups is 1. The molecule has 1 unspecified atom stereocenters. The van der Waals surface area contributed by atoms with Crippen molar-refractivity contribution in [1.82, 2.24) is 15.1 Å². The second-order valence-corrected chi connectivity index (χ2v) is 7.29. The monoisotopic (exact) mass is 375 g/mol. The number of H-pyrrole nitrogens is 1. The highest BCUT2D eigenvalue weighted by Gasteiger charge is 2.32. The summed E-state index contributed by atoms with van der Waals surface area (Å²) in [4.78, 5) is 14.5. The van der Waals surface area contributed by atoms with E-state index in [2.05, 4.69) is 10.2 Å². The molecule has 3 rings (SSSR count). The first-order valence-electron chi connectivity index (χ1n) is 9.25. The molecule has 1 fully saturated rings. The van der Waals surface area contributed by atoms with Gasteiger partial charge in [0.15, 0.2) is 0 Å². The smallest absolute Gasteiger partial charge is 0.227 e. The van der Waals surface area contributed by atoms with Gasteiger partial charge < -0.3 is 14.7 Å². The van der Waals surface area contributed by atoms with Crippen LogP contribution in [0.1, 0.15) is 36.2 Å². The van der Waals surface area contributed by atoms with Gasteiger partial charge in [0.2, 0.25) is 5.91 Å². The Kier molecular flexibility index (Phi) is 5.79. The van der Waals surface area contributed by atoms with Gasteiger partial charge in [0.05, 0.1) is 12.1 Å². The molecule has 0 spiro atoms. The van der Waals surface area contributed by atoms with Crippen LogP contribution in [0.4, 0.5) is 4.39 Å². The topological polar surface area (TPSA) is 78.5 Å². The molecule has 1 amide bonds. The lowest BCUT2D eigenvalue weighted by Gasteiger charge is -2.27. The van der Waals surface area contributed by atoms with Gasteiger partial charge in [-0.25, -0.2) is 4.39 Å². The molecular formula is C20H26FN3O3. The number of aryl methyl sites for hydroxylation is 2. The second kappa shape index (κ2) is 8.08. The maximum atomic E-state index is 13.0. The molecule has 1 atom stereocenters. The fourth-order valence-corrected chi connectivity index (χ4v) is 3.42. The van der Waals surface area contributed by atoms with E-state index < -0.39 is 5.60 Å². The Labute approximate surface area is 158 Å². The standard InChI is InChI=1S/C20H26FN3O3/c1-14-18(15(2)23-22-14)12-19(25)24-10-3-8-20(26,9-11-24)13-27-17-6-4-16(21)5-7-17/h4-7,26H,3,8-13H2,1-2H3,(H,22,23). The number of hydrogen-bond acceptors (Lipinski definition) is 4. The zero-order chi connectivity index (χ0) is 19.4. The summed E-state index contributed by atoms with van der Waals surface area (Å²) in [5, 5.41) is 17.9. The molecule has 6 nitrogen and oxygen atoms in total. The molecule has 0 bridgehead atoms. The van der Waals surface area contributed by atoms with Crippen LogP contribution in [0.5, 0.6) is 5.75 Å². The Morgan fingerprint density at radius 3 is 2.70 bits per heavy atom. The summed E-state index contributed by atoms with van der Waals surface area (Å²) in [6.45, 7) is 5.03. The predicted molar refractivity (Wildman–Crippen MR) is 99.0 cm³/mol. The summed E-state index contributed by atoms with van der Waals surface area (Å²) in [6, 6.07) is 5.74. The maximum absolute atomic E-state index is 13.0. The van der Waals surface area contributed by atoms with Crippen molar-refractivity contribution < 1.29 is 19.0 Å². The van der Waals surface area contributed by atoms with Crippen molar-refractivity contribution in [3.8, 4) is 5.75 Å². The van der Waals surface area contributed by atoms with Crippen LogP contribution in [0.2, 0.25) is 0 Å². The molecule has 7 heteroatoms. The van der Waals surface area contributed by atoms with Gasteiger partial charge in [-0.1, -0.05) is 0 Å². The molecule has 0 aliphatic carbocycles. The molecule has 2 heterocycles. The summed E-state index contributed by atoms with van der Waals surface area (Å²) in [6.07, 6.45) is 2.03. The fraction of sp³-hybridized carbons (Fsp3) is 0.500. The van der Waals surface area contributed by atoms with Crippen molar-refractivity contribution in [2.75, 3.05) is 19.7 Å². The third kappa shape index (κ3) is 4.86. The molecule has 0 radical (unpaired) electrons. The van der Waals surface area contributed by atoms with Crippen molar-refractivity contribution in [2.24, 2.45) is 0 Å². The number of halogens is 1. The third-order valence-electron chi connectivity index (χ3n) is 5.20. The molecule has 0 saturated carbocycles. The highest BCUT2D eigenvalue weighted by molar-refractivity contribution is 5.79. The molecule has 1 aliphatic heterocycles. The Morgan fingerprint density at radius 2 is 2.04 bits per heavy atom. The molecule has 1 aliphatic rings. The van der Waals surface area contributed by atoms with Crippen LogP contribution in [0.25, 0.3) is 0 Å². The zero-order valence-corrected chi connectivity index (χ0v) is 15.8. The normalized spacial score (nSPS) is 20.4. The number of nitrogens with zero attached hydrogens (tertiary/aromatic N) is 2. The van der Waals surface area contributed by atoms with Gasteiger partial charge >= 0.3 is 0 Å². The summed E-state index contributed by atoms with van der Waals surface area (Å²) < 4.78 is 18.6. The lowest BCUT2D eigenvalue weighted by Crippen LogP contribution is -2.38. The number of aromatic amines is 1. The van der Waals surface area contributed by atoms with Crippen molar-refractivity contribution in [3.05, 3.63) is 47.0 Å². The van der Waals surface area contributed by atoms with Crippen LogP contribution in [0, 0.1) is 19.7 Å². The van der Waals surface area contributed by atoms with Crippen LogP contribution in [-0.4, -0.2) is 51.4 Å². The van der Waals surface area contributed by atoms with Crippen molar-refractivity contribution in [2.45, 2.75) is 45.1 Å². The minimum absolute atomic E-state index is 0.0475. The summed E-state index contributed by atoms with van der Waals surface area (Å²) in [5.41, 5.74) is 1.71. The lowest BCUT2D eigenvalue weighted by molar-refractivity contribution is -0.130. The van der Waals surface area contributed by atoms with Crippen LogP contribution < -0.4 is 4.74 Å². The first-order valence-corrected chi connectivity index (χ1v) is 9.25. The number of nitrogens with one attached hydrogen (secondary N) is 1. The van der Waals surface area contributed by atoms with Crippen LogP contribution >= 0.6 is 0 Å². The van der Waals surface area contributed by atoms with E-state index in [0.29, 0.717) is 44.5 Å². The van der Waals surface area contributed by atoms with Crippen molar-refractivity contribution in [3.63, 3.8) is 0 Å². The van der Waals surface area contributed by atoms with E-state index >= 15 is 0 Å². The molecule has 2 aromatic rings. The van der Waals surface area contributed by atoms with Crippen molar-refractivity contribution >= 4 is 5.91 Å². The SMILES string of the molecule is Cc1n[nH]c(C)c1CC(=O)N1CCCC(O)(COc2ccc(F)cc2)CC1. The highest BCUT2D eigenvalue weighted by Crippen LogP contribution is 2.25. The second-order valence-electron chi connectivity index (χ2n) is 7.29. The Balaban J connectivity index is 1.55. The fourth-order valence-electron chi connectivity index (χ4n) is 3.42. The Bertz CT molecular complexity index is 771. The van der Waals surface area contributed by atoms with E-state index in [-0.39, 0.29) is 18.3 Å². The lowest BCUT2D eigenvalue weighted by atomic mass is 9.96. The molecule has 2 N–H and O–H groups in total.